The highest BCUT2D eigenvalue weighted by atomic mass is 16.5. The van der Waals surface area contributed by atoms with Crippen molar-refractivity contribution in [2.45, 2.75) is 70.4 Å². The fourth-order valence-electron chi connectivity index (χ4n) is 4.61. The largest absolute Gasteiger partial charge is 0.343 e. The molecule has 2 aliphatic rings. The van der Waals surface area contributed by atoms with Crippen LogP contribution in [0.15, 0.2) is 28.8 Å². The Morgan fingerprint density at radius 3 is 2.63 bits per heavy atom. The Kier molecular flexibility index (Phi) is 7.42. The van der Waals surface area contributed by atoms with Crippen molar-refractivity contribution in [3.63, 3.8) is 0 Å². The number of benzene rings is 1. The number of rotatable bonds is 8. The summed E-state index contributed by atoms with van der Waals surface area (Å²) in [5.41, 5.74) is 0.663. The van der Waals surface area contributed by atoms with Crippen LogP contribution >= 0.6 is 0 Å². The van der Waals surface area contributed by atoms with E-state index in [1.165, 1.54) is 6.92 Å². The number of nitrogens with zero attached hydrogens (tertiary/aromatic N) is 3. The van der Waals surface area contributed by atoms with Crippen LogP contribution in [0, 0.1) is 0 Å². The molecule has 186 valence electrons. The lowest BCUT2D eigenvalue weighted by Gasteiger charge is -2.30. The van der Waals surface area contributed by atoms with Gasteiger partial charge in [-0.3, -0.25) is 19.3 Å². The number of urea groups is 1. The van der Waals surface area contributed by atoms with Crippen LogP contribution in [0.25, 0.3) is 0 Å². The summed E-state index contributed by atoms with van der Waals surface area (Å²) in [5, 5.41) is 12.5. The van der Waals surface area contributed by atoms with E-state index in [0.29, 0.717) is 17.4 Å². The Labute approximate surface area is 203 Å². The summed E-state index contributed by atoms with van der Waals surface area (Å²) in [6.07, 6.45) is 6.07. The molecule has 0 atom stereocenters. The molecule has 1 aliphatic heterocycles. The van der Waals surface area contributed by atoms with Gasteiger partial charge in [-0.2, -0.15) is 4.98 Å². The predicted molar refractivity (Wildman–Crippen MR) is 125 cm³/mol. The molecule has 2 heterocycles. The minimum atomic E-state index is -0.625. The second-order valence-electron chi connectivity index (χ2n) is 9.08. The van der Waals surface area contributed by atoms with Crippen LogP contribution in [-0.2, 0) is 32.9 Å². The molecular formula is C24H30N6O5. The highest BCUT2D eigenvalue weighted by molar-refractivity contribution is 6.01. The summed E-state index contributed by atoms with van der Waals surface area (Å²) >= 11 is 0. The van der Waals surface area contributed by atoms with Crippen LogP contribution in [0.5, 0.6) is 0 Å². The van der Waals surface area contributed by atoms with Gasteiger partial charge in [0.2, 0.25) is 23.6 Å². The lowest BCUT2D eigenvalue weighted by molar-refractivity contribution is -0.125. The number of amides is 5. The van der Waals surface area contributed by atoms with E-state index in [0.717, 1.165) is 49.0 Å². The van der Waals surface area contributed by atoms with E-state index in [-0.39, 0.29) is 43.7 Å². The molecule has 1 saturated heterocycles. The van der Waals surface area contributed by atoms with E-state index in [9.17, 15) is 19.2 Å². The SMILES string of the molecule is CC(=O)NC1(c2noc(CCC(=O)Nc3cccc(CN4C(=O)CNC4=O)c3)n2)CCCCCC1. The van der Waals surface area contributed by atoms with Gasteiger partial charge in [-0.1, -0.05) is 43.0 Å². The molecule has 11 heteroatoms. The number of hydrogen-bond acceptors (Lipinski definition) is 7. The normalized spacial score (nSPS) is 17.6. The summed E-state index contributed by atoms with van der Waals surface area (Å²) < 4.78 is 5.41. The summed E-state index contributed by atoms with van der Waals surface area (Å²) in [7, 11) is 0. The van der Waals surface area contributed by atoms with Gasteiger partial charge in [0.1, 0.15) is 5.54 Å². The van der Waals surface area contributed by atoms with E-state index >= 15 is 0 Å². The van der Waals surface area contributed by atoms with Crippen molar-refractivity contribution >= 4 is 29.4 Å². The van der Waals surface area contributed by atoms with Crippen molar-refractivity contribution in [2.24, 2.45) is 0 Å². The van der Waals surface area contributed by atoms with E-state index in [1.54, 1.807) is 24.3 Å². The Morgan fingerprint density at radius 2 is 1.94 bits per heavy atom. The third kappa shape index (κ3) is 6.03. The molecule has 1 aromatic heterocycles. The average molecular weight is 483 g/mol. The Hall–Kier alpha value is -3.76. The van der Waals surface area contributed by atoms with Gasteiger partial charge in [-0.05, 0) is 30.5 Å². The number of nitrogens with one attached hydrogen (secondary N) is 3. The second kappa shape index (κ2) is 10.7. The van der Waals surface area contributed by atoms with Gasteiger partial charge in [0.25, 0.3) is 0 Å². The fraction of sp³-hybridized carbons (Fsp3) is 0.500. The van der Waals surface area contributed by atoms with Crippen LogP contribution in [0.4, 0.5) is 10.5 Å². The first-order chi connectivity index (χ1) is 16.8. The van der Waals surface area contributed by atoms with Crippen LogP contribution in [0.2, 0.25) is 0 Å². The van der Waals surface area contributed by atoms with Gasteiger partial charge in [0, 0.05) is 25.5 Å². The van der Waals surface area contributed by atoms with Crippen molar-refractivity contribution in [2.75, 3.05) is 11.9 Å². The molecule has 4 rings (SSSR count). The van der Waals surface area contributed by atoms with Crippen LogP contribution in [0.1, 0.15) is 69.1 Å². The maximum atomic E-state index is 12.5. The molecular weight excluding hydrogens is 452 g/mol. The standard InChI is InChI=1S/C24H30N6O5/c1-16(31)28-24(11-4-2-3-5-12-24)22-27-20(35-29-22)10-9-19(32)26-18-8-6-7-17(13-18)15-30-21(33)14-25-23(30)34/h6-8,13H,2-5,9-12,14-15H2,1H3,(H,25,34)(H,26,32)(H,28,31). The molecule has 0 bridgehead atoms. The lowest BCUT2D eigenvalue weighted by Crippen LogP contribution is -2.45. The Morgan fingerprint density at radius 1 is 1.17 bits per heavy atom. The molecule has 0 unspecified atom stereocenters. The molecule has 35 heavy (non-hydrogen) atoms. The monoisotopic (exact) mass is 482 g/mol. The minimum absolute atomic E-state index is 0.00141. The number of aromatic nitrogens is 2. The number of hydrogen-bond donors (Lipinski definition) is 3. The summed E-state index contributed by atoms with van der Waals surface area (Å²) in [6.45, 7) is 1.62. The number of imide groups is 1. The quantitative estimate of drug-likeness (QED) is 0.387. The molecule has 1 saturated carbocycles. The van der Waals surface area contributed by atoms with Crippen molar-refractivity contribution in [1.82, 2.24) is 25.7 Å². The molecule has 2 fully saturated rings. The maximum Gasteiger partial charge on any atom is 0.324 e. The van der Waals surface area contributed by atoms with Gasteiger partial charge < -0.3 is 20.5 Å². The summed E-state index contributed by atoms with van der Waals surface area (Å²) in [6, 6.07) is 6.58. The zero-order valence-corrected chi connectivity index (χ0v) is 19.8. The van der Waals surface area contributed by atoms with Gasteiger partial charge in [-0.25, -0.2) is 4.79 Å². The first kappa shape index (κ1) is 24.4. The van der Waals surface area contributed by atoms with Crippen LogP contribution < -0.4 is 16.0 Å². The zero-order valence-electron chi connectivity index (χ0n) is 19.8. The van der Waals surface area contributed by atoms with E-state index in [4.69, 9.17) is 4.52 Å². The highest BCUT2D eigenvalue weighted by Crippen LogP contribution is 2.34. The van der Waals surface area contributed by atoms with E-state index < -0.39 is 11.6 Å². The number of carbonyl (C=O) groups excluding carboxylic acids is 4. The Balaban J connectivity index is 1.34. The van der Waals surface area contributed by atoms with Gasteiger partial charge in [-0.15, -0.1) is 0 Å². The van der Waals surface area contributed by atoms with Gasteiger partial charge >= 0.3 is 6.03 Å². The topological polar surface area (TPSA) is 147 Å². The van der Waals surface area contributed by atoms with Crippen LogP contribution in [0.3, 0.4) is 0 Å². The third-order valence-electron chi connectivity index (χ3n) is 6.32. The van der Waals surface area contributed by atoms with Gasteiger partial charge in [0.15, 0.2) is 5.82 Å². The molecule has 1 aromatic carbocycles. The molecule has 2 aromatic rings. The van der Waals surface area contributed by atoms with E-state index in [1.807, 2.05) is 0 Å². The fourth-order valence-corrected chi connectivity index (χ4v) is 4.61. The highest BCUT2D eigenvalue weighted by Gasteiger charge is 2.38. The van der Waals surface area contributed by atoms with E-state index in [2.05, 4.69) is 26.1 Å². The molecule has 5 amide bonds. The molecule has 0 radical (unpaired) electrons. The second-order valence-corrected chi connectivity index (χ2v) is 9.08. The average Bonchev–Trinajstić information content (AvgIpc) is 3.34. The summed E-state index contributed by atoms with van der Waals surface area (Å²) in [5.74, 6) is 0.166. The molecule has 3 N–H and O–H groups in total. The molecule has 11 nitrogen and oxygen atoms in total. The van der Waals surface area contributed by atoms with Crippen molar-refractivity contribution < 1.29 is 23.7 Å². The third-order valence-corrected chi connectivity index (χ3v) is 6.32. The lowest BCUT2D eigenvalue weighted by atomic mass is 9.89. The number of anilines is 1. The smallest absolute Gasteiger partial charge is 0.324 e. The summed E-state index contributed by atoms with van der Waals surface area (Å²) in [4.78, 5) is 53.6. The molecule has 1 aliphatic carbocycles. The van der Waals surface area contributed by atoms with Gasteiger partial charge in [0.05, 0.1) is 13.1 Å². The van der Waals surface area contributed by atoms with Crippen molar-refractivity contribution in [1.29, 1.82) is 0 Å². The minimum Gasteiger partial charge on any atom is -0.343 e. The first-order valence-electron chi connectivity index (χ1n) is 11.9. The van der Waals surface area contributed by atoms with Crippen molar-refractivity contribution in [3.05, 3.63) is 41.5 Å². The maximum absolute atomic E-state index is 12.5. The first-order valence-corrected chi connectivity index (χ1v) is 11.9. The number of aryl methyl sites for hydroxylation is 1. The zero-order chi connectivity index (χ0) is 24.8. The molecule has 0 spiro atoms. The van der Waals surface area contributed by atoms with Crippen molar-refractivity contribution in [3.8, 4) is 0 Å². The van der Waals surface area contributed by atoms with Crippen LogP contribution in [-0.4, -0.2) is 45.3 Å². The Bertz CT molecular complexity index is 1090. The number of carbonyl (C=O) groups is 4. The predicted octanol–water partition coefficient (Wildman–Crippen LogP) is 2.38.